The molecule has 0 aromatic heterocycles. The molecule has 1 aliphatic rings. The zero-order valence-corrected chi connectivity index (χ0v) is 11.0. The Hall–Kier alpha value is -0.790. The maximum absolute atomic E-state index is 6.28. The lowest BCUT2D eigenvalue weighted by Gasteiger charge is -2.31. The van der Waals surface area contributed by atoms with Gasteiger partial charge in [-0.2, -0.15) is 0 Å². The number of para-hydroxylation sites is 1. The van der Waals surface area contributed by atoms with Gasteiger partial charge in [-0.15, -0.1) is 0 Å². The standard InChI is InChI=1S/C14H18ClN/c1-14(2,3)11-9-13(15)16(4)12-8-6-5-7-10(11)12/h5-9,11H,1-4H3/q+1. The molecule has 0 spiro atoms. The van der Waals surface area contributed by atoms with Crippen LogP contribution in [0.15, 0.2) is 35.5 Å². The summed E-state index contributed by atoms with van der Waals surface area (Å²) < 4.78 is 0. The van der Waals surface area contributed by atoms with Crippen molar-refractivity contribution in [2.45, 2.75) is 26.7 Å². The van der Waals surface area contributed by atoms with Gasteiger partial charge in [0.2, 0.25) is 0 Å². The van der Waals surface area contributed by atoms with E-state index in [0.717, 1.165) is 5.16 Å². The Morgan fingerprint density at radius 1 is 1.19 bits per heavy atom. The molecule has 85 valence electrons. The maximum Gasteiger partial charge on any atom is 0.251 e. The highest BCUT2D eigenvalue weighted by Gasteiger charge is 2.36. The molecule has 1 aromatic rings. The van der Waals surface area contributed by atoms with E-state index in [2.05, 4.69) is 51.1 Å². The average Bonchev–Trinajstić information content (AvgIpc) is 2.22. The number of hydrogen-bond acceptors (Lipinski definition) is 1. The molecule has 1 aromatic carbocycles. The van der Waals surface area contributed by atoms with Crippen molar-refractivity contribution in [3.63, 3.8) is 0 Å². The Bertz CT molecular complexity index is 429. The minimum atomic E-state index is 0.192. The Balaban J connectivity index is 2.57. The Morgan fingerprint density at radius 3 is 2.44 bits per heavy atom. The molecular formula is C14H18ClN+. The van der Waals surface area contributed by atoms with Gasteiger partial charge in [-0.25, -0.2) is 0 Å². The number of anilines is 1. The number of rotatable bonds is 0. The Morgan fingerprint density at radius 2 is 1.81 bits per heavy atom. The molecule has 1 nitrogen and oxygen atoms in total. The molecule has 0 N–H and O–H groups in total. The molecule has 0 saturated heterocycles. The van der Waals surface area contributed by atoms with E-state index < -0.39 is 0 Å². The minimum absolute atomic E-state index is 0.192. The topological polar surface area (TPSA) is 5.90 Å². The van der Waals surface area contributed by atoms with E-state index in [-0.39, 0.29) is 5.41 Å². The number of hydrogen-bond donors (Lipinski definition) is 0. The van der Waals surface area contributed by atoms with Crippen molar-refractivity contribution in [1.29, 1.82) is 0 Å². The zero-order chi connectivity index (χ0) is 11.9. The fourth-order valence-electron chi connectivity index (χ4n) is 2.23. The second-order valence-electron chi connectivity index (χ2n) is 5.45. The lowest BCUT2D eigenvalue weighted by atomic mass is 9.75. The summed E-state index contributed by atoms with van der Waals surface area (Å²) in [6.07, 6.45) is 2.16. The van der Waals surface area contributed by atoms with Gasteiger partial charge < -0.3 is 0 Å². The van der Waals surface area contributed by atoms with E-state index in [1.165, 1.54) is 11.3 Å². The first-order chi connectivity index (χ1) is 7.41. The van der Waals surface area contributed by atoms with Crippen molar-refractivity contribution < 1.29 is 0 Å². The summed E-state index contributed by atoms with van der Waals surface area (Å²) in [4.78, 5) is 2.04. The summed E-state index contributed by atoms with van der Waals surface area (Å²) in [6, 6.07) is 8.48. The molecule has 1 heterocycles. The summed E-state index contributed by atoms with van der Waals surface area (Å²) >= 11 is 6.28. The smallest absolute Gasteiger partial charge is 0.0894 e. The third-order valence-electron chi connectivity index (χ3n) is 3.19. The number of nitrogens with zero attached hydrogens (tertiary/aromatic N) is 1. The van der Waals surface area contributed by atoms with Gasteiger partial charge in [0, 0.05) is 23.6 Å². The number of allylic oxidation sites excluding steroid dienone is 1. The lowest BCUT2D eigenvalue weighted by Crippen LogP contribution is -2.27. The summed E-state index contributed by atoms with van der Waals surface area (Å²) in [7, 11) is 2.01. The van der Waals surface area contributed by atoms with Crippen molar-refractivity contribution in [3.05, 3.63) is 41.1 Å². The van der Waals surface area contributed by atoms with Crippen LogP contribution in [-0.4, -0.2) is 7.05 Å². The molecular weight excluding hydrogens is 218 g/mol. The van der Waals surface area contributed by atoms with E-state index in [9.17, 15) is 0 Å². The zero-order valence-electron chi connectivity index (χ0n) is 10.3. The quantitative estimate of drug-likeness (QED) is 0.467. The van der Waals surface area contributed by atoms with Gasteiger partial charge in [0.05, 0.1) is 0 Å². The molecule has 1 aliphatic heterocycles. The molecule has 0 aliphatic carbocycles. The number of benzene rings is 1. The van der Waals surface area contributed by atoms with Crippen LogP contribution in [0.1, 0.15) is 32.3 Å². The van der Waals surface area contributed by atoms with Crippen LogP contribution in [0.25, 0.3) is 0 Å². The molecule has 1 atom stereocenters. The summed E-state index contributed by atoms with van der Waals surface area (Å²) in [5.41, 5.74) is 2.77. The van der Waals surface area contributed by atoms with Crippen LogP contribution in [0.4, 0.5) is 5.69 Å². The van der Waals surface area contributed by atoms with Crippen molar-refractivity contribution in [2.24, 2.45) is 5.41 Å². The second-order valence-corrected chi connectivity index (χ2v) is 5.84. The molecule has 0 bridgehead atoms. The third kappa shape index (κ3) is 1.90. The van der Waals surface area contributed by atoms with E-state index in [1.807, 2.05) is 11.9 Å². The van der Waals surface area contributed by atoms with Crippen LogP contribution in [-0.2, 0) is 0 Å². The van der Waals surface area contributed by atoms with Crippen LogP contribution < -0.4 is 4.90 Å². The van der Waals surface area contributed by atoms with Crippen molar-refractivity contribution in [2.75, 3.05) is 7.05 Å². The van der Waals surface area contributed by atoms with Crippen molar-refractivity contribution >= 4 is 17.3 Å². The Kier molecular flexibility index (Phi) is 2.85. The van der Waals surface area contributed by atoms with Crippen LogP contribution in [0.2, 0.25) is 0 Å². The third-order valence-corrected chi connectivity index (χ3v) is 3.57. The number of halogens is 1. The second kappa shape index (κ2) is 3.90. The minimum Gasteiger partial charge on any atom is -0.0894 e. The molecule has 16 heavy (non-hydrogen) atoms. The van der Waals surface area contributed by atoms with Gasteiger partial charge in [0.1, 0.15) is 7.05 Å². The van der Waals surface area contributed by atoms with Crippen LogP contribution in [0.3, 0.4) is 0 Å². The van der Waals surface area contributed by atoms with E-state index in [4.69, 9.17) is 11.6 Å². The summed E-state index contributed by atoms with van der Waals surface area (Å²) in [5, 5.41) is 0.818. The fraction of sp³-hybridized carbons (Fsp3) is 0.429. The monoisotopic (exact) mass is 235 g/mol. The lowest BCUT2D eigenvalue weighted by molar-refractivity contribution is 0.360. The van der Waals surface area contributed by atoms with Crippen LogP contribution in [0, 0.1) is 5.41 Å². The van der Waals surface area contributed by atoms with Gasteiger partial charge in [-0.1, -0.05) is 43.9 Å². The highest BCUT2D eigenvalue weighted by molar-refractivity contribution is 6.30. The van der Waals surface area contributed by atoms with Crippen LogP contribution >= 0.6 is 11.6 Å². The molecule has 2 rings (SSSR count). The molecule has 1 radical (unpaired) electrons. The first-order valence-corrected chi connectivity index (χ1v) is 5.99. The van der Waals surface area contributed by atoms with E-state index >= 15 is 0 Å². The highest BCUT2D eigenvalue weighted by Crippen LogP contribution is 2.45. The summed E-state index contributed by atoms with van der Waals surface area (Å²) in [5.74, 6) is 0.382. The Labute approximate surface area is 103 Å². The summed E-state index contributed by atoms with van der Waals surface area (Å²) in [6.45, 7) is 6.75. The average molecular weight is 236 g/mol. The predicted octanol–water partition coefficient (Wildman–Crippen LogP) is 4.31. The van der Waals surface area contributed by atoms with E-state index in [0.29, 0.717) is 5.92 Å². The van der Waals surface area contributed by atoms with Gasteiger partial charge >= 0.3 is 0 Å². The van der Waals surface area contributed by atoms with Gasteiger partial charge in [-0.3, -0.25) is 0 Å². The molecule has 0 saturated carbocycles. The van der Waals surface area contributed by atoms with Crippen molar-refractivity contribution in [3.8, 4) is 0 Å². The predicted molar refractivity (Wildman–Crippen MR) is 70.3 cm³/mol. The largest absolute Gasteiger partial charge is 0.251 e. The molecule has 0 fully saturated rings. The van der Waals surface area contributed by atoms with Crippen LogP contribution in [0.5, 0.6) is 0 Å². The first kappa shape index (κ1) is 11.7. The molecule has 0 amide bonds. The van der Waals surface area contributed by atoms with Gasteiger partial charge in [0.15, 0.2) is 5.69 Å². The molecule has 2 heteroatoms. The van der Waals surface area contributed by atoms with Gasteiger partial charge in [0.25, 0.3) is 5.16 Å². The van der Waals surface area contributed by atoms with Gasteiger partial charge in [-0.05, 0) is 17.0 Å². The first-order valence-electron chi connectivity index (χ1n) is 5.61. The maximum atomic E-state index is 6.28. The SMILES string of the molecule is C[N+]1C(Cl)=CC(C(C)(C)C)c2ccccc21. The fourth-order valence-corrected chi connectivity index (χ4v) is 2.44. The van der Waals surface area contributed by atoms with E-state index in [1.54, 1.807) is 0 Å². The molecule has 1 unspecified atom stereocenters. The number of fused-ring (bicyclic) bond motifs is 1. The van der Waals surface area contributed by atoms with Crippen molar-refractivity contribution in [1.82, 2.24) is 4.90 Å². The normalized spacial score (nSPS) is 21.6. The highest BCUT2D eigenvalue weighted by atomic mass is 35.5.